The van der Waals surface area contributed by atoms with E-state index < -0.39 is 11.8 Å². The summed E-state index contributed by atoms with van der Waals surface area (Å²) in [6.07, 6.45) is -0.165. The van der Waals surface area contributed by atoms with Gasteiger partial charge in [-0.15, -0.1) is 0 Å². The summed E-state index contributed by atoms with van der Waals surface area (Å²) >= 11 is 0. The van der Waals surface area contributed by atoms with Crippen LogP contribution in [0.5, 0.6) is 0 Å². The number of anilines is 2. The lowest BCUT2D eigenvalue weighted by atomic mass is 10.1. The summed E-state index contributed by atoms with van der Waals surface area (Å²) in [5, 5.41) is 12.0. The molecule has 4 N–H and O–H groups in total. The molecule has 0 saturated carbocycles. The first-order valence-corrected chi connectivity index (χ1v) is 5.84. The van der Waals surface area contributed by atoms with Gasteiger partial charge in [0.1, 0.15) is 11.4 Å². The van der Waals surface area contributed by atoms with E-state index in [9.17, 15) is 9.18 Å². The summed E-state index contributed by atoms with van der Waals surface area (Å²) < 4.78 is 23.9. The molecule has 0 bridgehead atoms. The second-order valence-corrected chi connectivity index (χ2v) is 4.14. The van der Waals surface area contributed by atoms with E-state index in [0.29, 0.717) is 26.4 Å². The molecule has 1 aromatic carbocycles. The molecule has 1 aliphatic rings. The number of halogens is 1. The Morgan fingerprint density at radius 2 is 2.32 bits per heavy atom. The number of benzene rings is 1. The molecular formula is C12H15FN2O4. The second kappa shape index (κ2) is 5.85. The molecule has 1 aromatic rings. The van der Waals surface area contributed by atoms with E-state index in [0.717, 1.165) is 6.07 Å². The van der Waals surface area contributed by atoms with Gasteiger partial charge in [-0.05, 0) is 12.1 Å². The number of nitrogens with two attached hydrogens (primary N) is 1. The molecule has 0 aliphatic carbocycles. The molecule has 0 aromatic heterocycles. The highest BCUT2D eigenvalue weighted by molar-refractivity contribution is 6.00. The number of aromatic carboxylic acids is 1. The third-order valence-corrected chi connectivity index (χ3v) is 2.81. The van der Waals surface area contributed by atoms with Crippen LogP contribution >= 0.6 is 0 Å². The van der Waals surface area contributed by atoms with Crippen molar-refractivity contribution in [1.82, 2.24) is 0 Å². The average molecular weight is 270 g/mol. The van der Waals surface area contributed by atoms with E-state index in [1.54, 1.807) is 0 Å². The number of hydrogen-bond acceptors (Lipinski definition) is 5. The molecular weight excluding hydrogens is 255 g/mol. The van der Waals surface area contributed by atoms with Gasteiger partial charge in [0.15, 0.2) is 0 Å². The molecule has 1 aliphatic heterocycles. The number of nitrogen functional groups attached to an aromatic ring is 1. The first-order chi connectivity index (χ1) is 9.09. The fraction of sp³-hybridized carbons (Fsp3) is 0.417. The van der Waals surface area contributed by atoms with Gasteiger partial charge in [-0.3, -0.25) is 0 Å². The Balaban J connectivity index is 2.11. The zero-order valence-corrected chi connectivity index (χ0v) is 10.2. The van der Waals surface area contributed by atoms with Crippen LogP contribution in [-0.2, 0) is 9.47 Å². The van der Waals surface area contributed by atoms with Crippen molar-refractivity contribution in [1.29, 1.82) is 0 Å². The van der Waals surface area contributed by atoms with Crippen LogP contribution in [0.1, 0.15) is 10.4 Å². The number of nitrogens with one attached hydrogen (secondary N) is 1. The van der Waals surface area contributed by atoms with Gasteiger partial charge in [0.05, 0.1) is 37.3 Å². The Bertz CT molecular complexity index is 475. The maximum absolute atomic E-state index is 13.3. The van der Waals surface area contributed by atoms with Crippen LogP contribution in [0.4, 0.5) is 15.8 Å². The maximum atomic E-state index is 13.3. The van der Waals surface area contributed by atoms with E-state index in [4.69, 9.17) is 20.3 Å². The van der Waals surface area contributed by atoms with Gasteiger partial charge in [0, 0.05) is 6.54 Å². The Labute approximate surface area is 109 Å². The minimum absolute atomic E-state index is 0.165. The largest absolute Gasteiger partial charge is 0.478 e. The Kier molecular flexibility index (Phi) is 4.18. The summed E-state index contributed by atoms with van der Waals surface area (Å²) in [6, 6.07) is 2.47. The smallest absolute Gasteiger partial charge is 0.340 e. The highest BCUT2D eigenvalue weighted by atomic mass is 19.1. The van der Waals surface area contributed by atoms with Crippen molar-refractivity contribution in [3.63, 3.8) is 0 Å². The molecule has 1 saturated heterocycles. The SMILES string of the molecule is Nc1c(F)ccc(NCC2COCCO2)c1C(=O)O. The van der Waals surface area contributed by atoms with Gasteiger partial charge in [0.25, 0.3) is 0 Å². The first kappa shape index (κ1) is 13.6. The van der Waals surface area contributed by atoms with Crippen LogP contribution in [0.25, 0.3) is 0 Å². The monoisotopic (exact) mass is 270 g/mol. The van der Waals surface area contributed by atoms with Crippen LogP contribution in [0.3, 0.4) is 0 Å². The molecule has 6 nitrogen and oxygen atoms in total. The second-order valence-electron chi connectivity index (χ2n) is 4.14. The summed E-state index contributed by atoms with van der Waals surface area (Å²) in [5.74, 6) is -2.03. The van der Waals surface area contributed by atoms with Crippen LogP contribution in [0, 0.1) is 5.82 Å². The normalized spacial score (nSPS) is 19.1. The molecule has 0 amide bonds. The van der Waals surface area contributed by atoms with Gasteiger partial charge < -0.3 is 25.6 Å². The van der Waals surface area contributed by atoms with E-state index in [1.807, 2.05) is 0 Å². The minimum Gasteiger partial charge on any atom is -0.478 e. The number of hydrogen-bond donors (Lipinski definition) is 3. The predicted octanol–water partition coefficient (Wildman–Crippen LogP) is 0.933. The van der Waals surface area contributed by atoms with Crippen LogP contribution < -0.4 is 11.1 Å². The molecule has 1 unspecified atom stereocenters. The van der Waals surface area contributed by atoms with E-state index in [-0.39, 0.29) is 23.0 Å². The summed E-state index contributed by atoms with van der Waals surface area (Å²) in [6.45, 7) is 1.86. The lowest BCUT2D eigenvalue weighted by Gasteiger charge is -2.24. The van der Waals surface area contributed by atoms with E-state index >= 15 is 0 Å². The highest BCUT2D eigenvalue weighted by Crippen LogP contribution is 2.25. The molecule has 0 radical (unpaired) electrons. The summed E-state index contributed by atoms with van der Waals surface area (Å²) in [5.41, 5.74) is 5.06. The van der Waals surface area contributed by atoms with Crippen molar-refractivity contribution in [2.24, 2.45) is 0 Å². The zero-order chi connectivity index (χ0) is 13.8. The minimum atomic E-state index is -1.28. The van der Waals surface area contributed by atoms with Crippen molar-refractivity contribution < 1.29 is 23.8 Å². The van der Waals surface area contributed by atoms with Crippen molar-refractivity contribution in [2.45, 2.75) is 6.10 Å². The highest BCUT2D eigenvalue weighted by Gasteiger charge is 2.19. The van der Waals surface area contributed by atoms with Gasteiger partial charge in [-0.25, -0.2) is 9.18 Å². The molecule has 7 heteroatoms. The van der Waals surface area contributed by atoms with Crippen molar-refractivity contribution >= 4 is 17.3 Å². The van der Waals surface area contributed by atoms with Gasteiger partial charge in [-0.2, -0.15) is 0 Å². The van der Waals surface area contributed by atoms with Crippen LogP contribution in [0.15, 0.2) is 12.1 Å². The number of carbonyl (C=O) groups is 1. The van der Waals surface area contributed by atoms with Crippen LogP contribution in [-0.4, -0.2) is 43.5 Å². The van der Waals surface area contributed by atoms with E-state index in [1.165, 1.54) is 6.07 Å². The topological polar surface area (TPSA) is 93.8 Å². The molecule has 2 rings (SSSR count). The predicted molar refractivity (Wildman–Crippen MR) is 66.8 cm³/mol. The lowest BCUT2D eigenvalue weighted by molar-refractivity contribution is -0.0818. The number of carboxylic acids is 1. The van der Waals surface area contributed by atoms with Crippen LogP contribution in [0.2, 0.25) is 0 Å². The summed E-state index contributed by atoms with van der Waals surface area (Å²) in [7, 11) is 0. The molecule has 1 fully saturated rings. The van der Waals surface area contributed by atoms with Gasteiger partial charge in [0.2, 0.25) is 0 Å². The first-order valence-electron chi connectivity index (χ1n) is 5.84. The standard InChI is InChI=1S/C12H15FN2O4/c13-8-1-2-9(10(11(8)14)12(16)17)15-5-7-6-18-3-4-19-7/h1-2,7,15H,3-6,14H2,(H,16,17). The number of rotatable bonds is 4. The molecule has 104 valence electrons. The molecule has 1 atom stereocenters. The number of carboxylic acid groups (broad SMARTS) is 1. The number of ether oxygens (including phenoxy) is 2. The molecule has 1 heterocycles. The molecule has 0 spiro atoms. The fourth-order valence-electron chi connectivity index (χ4n) is 1.85. The maximum Gasteiger partial charge on any atom is 0.340 e. The Morgan fingerprint density at radius 3 is 2.95 bits per heavy atom. The zero-order valence-electron chi connectivity index (χ0n) is 10.2. The van der Waals surface area contributed by atoms with Crippen molar-refractivity contribution in [3.05, 3.63) is 23.5 Å². The quantitative estimate of drug-likeness (QED) is 0.705. The third kappa shape index (κ3) is 3.12. The fourth-order valence-corrected chi connectivity index (χ4v) is 1.85. The van der Waals surface area contributed by atoms with Crippen molar-refractivity contribution in [3.8, 4) is 0 Å². The molecule has 19 heavy (non-hydrogen) atoms. The lowest BCUT2D eigenvalue weighted by Crippen LogP contribution is -2.34. The Morgan fingerprint density at radius 1 is 1.53 bits per heavy atom. The average Bonchev–Trinajstić information content (AvgIpc) is 2.41. The third-order valence-electron chi connectivity index (χ3n) is 2.81. The van der Waals surface area contributed by atoms with E-state index in [2.05, 4.69) is 5.32 Å². The van der Waals surface area contributed by atoms with Crippen molar-refractivity contribution in [2.75, 3.05) is 37.4 Å². The van der Waals surface area contributed by atoms with Gasteiger partial charge >= 0.3 is 5.97 Å². The Hall–Kier alpha value is -1.86. The summed E-state index contributed by atoms with van der Waals surface area (Å²) in [4.78, 5) is 11.1. The van der Waals surface area contributed by atoms with Gasteiger partial charge in [-0.1, -0.05) is 0 Å².